The van der Waals surface area contributed by atoms with Crippen LogP contribution in [0, 0.1) is 0 Å². The number of carbonyl (C=O) groups is 1. The van der Waals surface area contributed by atoms with E-state index >= 15 is 0 Å². The Morgan fingerprint density at radius 3 is 2.46 bits per heavy atom. The van der Waals surface area contributed by atoms with Crippen LogP contribution in [-0.4, -0.2) is 43.1 Å². The number of nitrogens with zero attached hydrogens (tertiary/aromatic N) is 1. The van der Waals surface area contributed by atoms with Crippen molar-refractivity contribution >= 4 is 5.91 Å². The van der Waals surface area contributed by atoms with Crippen LogP contribution in [0.4, 0.5) is 0 Å². The average molecular weight is 383 g/mol. The van der Waals surface area contributed by atoms with Crippen molar-refractivity contribution in [3.8, 4) is 11.5 Å². The second kappa shape index (κ2) is 9.60. The Morgan fingerprint density at radius 2 is 1.82 bits per heavy atom. The Labute approximate surface area is 167 Å². The predicted molar refractivity (Wildman–Crippen MR) is 111 cm³/mol. The molecule has 1 saturated heterocycles. The molecule has 1 N–H and O–H groups in total. The molecule has 0 aliphatic carbocycles. The van der Waals surface area contributed by atoms with Gasteiger partial charge in [-0.25, -0.2) is 0 Å². The lowest BCUT2D eigenvalue weighted by Crippen LogP contribution is -2.46. The molecule has 0 spiro atoms. The van der Waals surface area contributed by atoms with Crippen LogP contribution in [0.1, 0.15) is 42.6 Å². The molecular formula is C23H30N2O3. The molecule has 0 saturated carbocycles. The summed E-state index contributed by atoms with van der Waals surface area (Å²) in [4.78, 5) is 15.1. The number of ether oxygens (including phenoxy) is 2. The summed E-state index contributed by atoms with van der Waals surface area (Å²) < 4.78 is 11.3. The molecule has 0 atom stereocenters. The van der Waals surface area contributed by atoms with E-state index in [0.717, 1.165) is 31.5 Å². The van der Waals surface area contributed by atoms with Crippen molar-refractivity contribution in [2.24, 2.45) is 0 Å². The lowest BCUT2D eigenvalue weighted by molar-refractivity contribution is 0.0900. The van der Waals surface area contributed by atoms with Gasteiger partial charge in [0.05, 0.1) is 7.11 Å². The molecule has 5 heteroatoms. The highest BCUT2D eigenvalue weighted by Gasteiger charge is 2.22. The maximum atomic E-state index is 12.7. The van der Waals surface area contributed by atoms with Crippen molar-refractivity contribution in [3.05, 3.63) is 59.7 Å². The largest absolute Gasteiger partial charge is 0.493 e. The van der Waals surface area contributed by atoms with Gasteiger partial charge in [0.25, 0.3) is 5.91 Å². The van der Waals surface area contributed by atoms with Gasteiger partial charge in [-0.3, -0.25) is 4.79 Å². The maximum Gasteiger partial charge on any atom is 0.251 e. The molecule has 28 heavy (non-hydrogen) atoms. The molecule has 1 heterocycles. The van der Waals surface area contributed by atoms with Crippen LogP contribution < -0.4 is 14.8 Å². The first-order valence-corrected chi connectivity index (χ1v) is 9.96. The van der Waals surface area contributed by atoms with Crippen molar-refractivity contribution in [3.63, 3.8) is 0 Å². The smallest absolute Gasteiger partial charge is 0.251 e. The van der Waals surface area contributed by atoms with E-state index in [1.807, 2.05) is 30.3 Å². The third-order valence-electron chi connectivity index (χ3n) is 5.26. The normalized spacial score (nSPS) is 15.4. The minimum Gasteiger partial charge on any atom is -0.493 e. The summed E-state index contributed by atoms with van der Waals surface area (Å²) >= 11 is 0. The van der Waals surface area contributed by atoms with Crippen LogP contribution in [0.5, 0.6) is 11.5 Å². The molecule has 2 aromatic carbocycles. The number of hydrogen-bond donors (Lipinski definition) is 1. The molecular weight excluding hydrogens is 352 g/mol. The standard InChI is InChI=1S/C23H30N2O3/c1-17(2)25-13-11-20(12-14-25)24-23(26)19-9-10-21(22(15-19)27-3)28-16-18-7-5-4-6-8-18/h4-10,15,17,20H,11-14,16H2,1-3H3,(H,24,26). The number of amides is 1. The highest BCUT2D eigenvalue weighted by Crippen LogP contribution is 2.29. The first-order chi connectivity index (χ1) is 13.6. The number of hydrogen-bond acceptors (Lipinski definition) is 4. The number of methoxy groups -OCH3 is 1. The van der Waals surface area contributed by atoms with Crippen LogP contribution in [-0.2, 0) is 6.61 Å². The summed E-state index contributed by atoms with van der Waals surface area (Å²) in [6, 6.07) is 16.1. The summed E-state index contributed by atoms with van der Waals surface area (Å²) in [5, 5.41) is 3.16. The van der Waals surface area contributed by atoms with Gasteiger partial charge in [0.2, 0.25) is 0 Å². The van der Waals surface area contributed by atoms with Gasteiger partial charge in [-0.15, -0.1) is 0 Å². The van der Waals surface area contributed by atoms with Crippen molar-refractivity contribution in [1.29, 1.82) is 0 Å². The van der Waals surface area contributed by atoms with Gasteiger partial charge in [0.15, 0.2) is 11.5 Å². The third-order valence-corrected chi connectivity index (χ3v) is 5.26. The molecule has 0 unspecified atom stereocenters. The average Bonchev–Trinajstić information content (AvgIpc) is 2.73. The van der Waals surface area contributed by atoms with Crippen molar-refractivity contribution < 1.29 is 14.3 Å². The van der Waals surface area contributed by atoms with Crippen molar-refractivity contribution in [2.45, 2.75) is 45.4 Å². The lowest BCUT2D eigenvalue weighted by atomic mass is 10.0. The van der Waals surface area contributed by atoms with E-state index in [9.17, 15) is 4.79 Å². The summed E-state index contributed by atoms with van der Waals surface area (Å²) in [5.41, 5.74) is 1.68. The number of piperidine rings is 1. The Balaban J connectivity index is 1.59. The third kappa shape index (κ3) is 5.26. The monoisotopic (exact) mass is 382 g/mol. The first-order valence-electron chi connectivity index (χ1n) is 9.96. The maximum absolute atomic E-state index is 12.7. The molecule has 0 radical (unpaired) electrons. The highest BCUT2D eigenvalue weighted by atomic mass is 16.5. The topological polar surface area (TPSA) is 50.8 Å². The van der Waals surface area contributed by atoms with Crippen LogP contribution in [0.2, 0.25) is 0 Å². The minimum absolute atomic E-state index is 0.0593. The fourth-order valence-corrected chi connectivity index (χ4v) is 3.49. The quantitative estimate of drug-likeness (QED) is 0.790. The zero-order valence-electron chi connectivity index (χ0n) is 17.0. The molecule has 0 aromatic heterocycles. The van der Waals surface area contributed by atoms with Crippen molar-refractivity contribution in [2.75, 3.05) is 20.2 Å². The van der Waals surface area contributed by atoms with Gasteiger partial charge in [-0.1, -0.05) is 30.3 Å². The highest BCUT2D eigenvalue weighted by molar-refractivity contribution is 5.95. The van der Waals surface area contributed by atoms with E-state index in [1.165, 1.54) is 0 Å². The van der Waals surface area contributed by atoms with E-state index in [4.69, 9.17) is 9.47 Å². The molecule has 2 aromatic rings. The number of likely N-dealkylation sites (tertiary alicyclic amines) is 1. The molecule has 150 valence electrons. The van der Waals surface area contributed by atoms with Crippen LogP contribution in [0.15, 0.2) is 48.5 Å². The number of nitrogens with one attached hydrogen (secondary N) is 1. The lowest BCUT2D eigenvalue weighted by Gasteiger charge is -2.34. The van der Waals surface area contributed by atoms with E-state index in [0.29, 0.717) is 29.7 Å². The number of carbonyl (C=O) groups excluding carboxylic acids is 1. The van der Waals surface area contributed by atoms with Crippen LogP contribution in [0.3, 0.4) is 0 Å². The fraction of sp³-hybridized carbons (Fsp3) is 0.435. The van der Waals surface area contributed by atoms with Gasteiger partial charge in [-0.05, 0) is 50.5 Å². The molecule has 1 fully saturated rings. The number of benzene rings is 2. The van der Waals surface area contributed by atoms with E-state index in [2.05, 4.69) is 24.1 Å². The first kappa shape index (κ1) is 20.2. The Kier molecular flexibility index (Phi) is 6.93. The van der Waals surface area contributed by atoms with Crippen molar-refractivity contribution in [1.82, 2.24) is 10.2 Å². The summed E-state index contributed by atoms with van der Waals surface area (Å²) in [5.74, 6) is 1.14. The predicted octanol–water partition coefficient (Wildman–Crippen LogP) is 3.88. The van der Waals surface area contributed by atoms with E-state index in [1.54, 1.807) is 25.3 Å². The second-order valence-corrected chi connectivity index (χ2v) is 7.52. The van der Waals surface area contributed by atoms with Gasteiger partial charge in [0.1, 0.15) is 6.61 Å². The zero-order chi connectivity index (χ0) is 19.9. The van der Waals surface area contributed by atoms with Gasteiger partial charge in [0, 0.05) is 30.7 Å². The SMILES string of the molecule is COc1cc(C(=O)NC2CCN(C(C)C)CC2)ccc1OCc1ccccc1. The fourth-order valence-electron chi connectivity index (χ4n) is 3.49. The number of rotatable bonds is 7. The van der Waals surface area contributed by atoms with Gasteiger partial charge >= 0.3 is 0 Å². The second-order valence-electron chi connectivity index (χ2n) is 7.52. The minimum atomic E-state index is -0.0593. The molecule has 1 amide bonds. The van der Waals surface area contributed by atoms with E-state index < -0.39 is 0 Å². The van der Waals surface area contributed by atoms with Gasteiger partial charge < -0.3 is 19.7 Å². The molecule has 3 rings (SSSR count). The Hall–Kier alpha value is -2.53. The molecule has 0 bridgehead atoms. The Morgan fingerprint density at radius 1 is 1.11 bits per heavy atom. The summed E-state index contributed by atoms with van der Waals surface area (Å²) in [6.07, 6.45) is 1.97. The van der Waals surface area contributed by atoms with Crippen LogP contribution >= 0.6 is 0 Å². The summed E-state index contributed by atoms with van der Waals surface area (Å²) in [6.45, 7) is 6.94. The zero-order valence-corrected chi connectivity index (χ0v) is 17.0. The molecule has 1 aliphatic rings. The van der Waals surface area contributed by atoms with Gasteiger partial charge in [-0.2, -0.15) is 0 Å². The Bertz CT molecular complexity index is 769. The van der Waals surface area contributed by atoms with Crippen LogP contribution in [0.25, 0.3) is 0 Å². The summed E-state index contributed by atoms with van der Waals surface area (Å²) in [7, 11) is 1.59. The van der Waals surface area contributed by atoms with E-state index in [-0.39, 0.29) is 11.9 Å². The molecule has 5 nitrogen and oxygen atoms in total. The molecule has 1 aliphatic heterocycles.